The predicted molar refractivity (Wildman–Crippen MR) is 68.8 cm³/mol. The van der Waals surface area contributed by atoms with Crippen LogP contribution in [0.1, 0.15) is 28.3 Å². The maximum Gasteiger partial charge on any atom is 0.128 e. The first-order valence-corrected chi connectivity index (χ1v) is 5.82. The Bertz CT molecular complexity index is 517. The highest BCUT2D eigenvalue weighted by Gasteiger charge is 2.19. The van der Waals surface area contributed by atoms with Crippen LogP contribution in [-0.2, 0) is 0 Å². The summed E-state index contributed by atoms with van der Waals surface area (Å²) in [6.45, 7) is 3.80. The van der Waals surface area contributed by atoms with Crippen molar-refractivity contribution < 1.29 is 4.39 Å². The van der Waals surface area contributed by atoms with Crippen molar-refractivity contribution in [3.8, 4) is 0 Å². The molecule has 0 aliphatic heterocycles. The molecule has 94 valence electrons. The van der Waals surface area contributed by atoms with Gasteiger partial charge < -0.3 is 5.32 Å². The topological polar surface area (TPSA) is 37.8 Å². The van der Waals surface area contributed by atoms with Crippen molar-refractivity contribution in [1.82, 2.24) is 15.3 Å². The number of nitrogens with zero attached hydrogens (tertiary/aromatic N) is 2. The molecule has 1 aromatic carbocycles. The predicted octanol–water partition coefficient (Wildman–Crippen LogP) is 2.54. The molecule has 0 saturated carbocycles. The normalized spacial score (nSPS) is 12.4. The van der Waals surface area contributed by atoms with E-state index in [4.69, 9.17) is 0 Å². The highest BCUT2D eigenvalue weighted by molar-refractivity contribution is 5.38. The molecule has 0 spiro atoms. The van der Waals surface area contributed by atoms with Crippen LogP contribution in [0.5, 0.6) is 0 Å². The second-order valence-electron chi connectivity index (χ2n) is 4.37. The zero-order valence-electron chi connectivity index (χ0n) is 10.7. The van der Waals surface area contributed by atoms with Crippen molar-refractivity contribution >= 4 is 0 Å². The summed E-state index contributed by atoms with van der Waals surface area (Å²) in [4.78, 5) is 7.96. The van der Waals surface area contributed by atoms with Gasteiger partial charge in [0, 0.05) is 23.5 Å². The maximum atomic E-state index is 14.2. The van der Waals surface area contributed by atoms with Gasteiger partial charge in [-0.05, 0) is 38.1 Å². The van der Waals surface area contributed by atoms with Gasteiger partial charge in [0.05, 0.1) is 6.04 Å². The lowest BCUT2D eigenvalue weighted by Gasteiger charge is -2.19. The number of halogens is 1. The molecule has 18 heavy (non-hydrogen) atoms. The molecule has 3 nitrogen and oxygen atoms in total. The fourth-order valence-corrected chi connectivity index (χ4v) is 2.23. The third-order valence-electron chi connectivity index (χ3n) is 2.97. The summed E-state index contributed by atoms with van der Waals surface area (Å²) < 4.78 is 14.2. The van der Waals surface area contributed by atoms with Gasteiger partial charge in [-0.15, -0.1) is 0 Å². The van der Waals surface area contributed by atoms with Crippen LogP contribution >= 0.6 is 0 Å². The molecule has 0 bridgehead atoms. The Morgan fingerprint density at radius 1 is 1.17 bits per heavy atom. The summed E-state index contributed by atoms with van der Waals surface area (Å²) in [5, 5.41) is 3.12. The summed E-state index contributed by atoms with van der Waals surface area (Å²) in [6.07, 6.45) is 4.87. The number of nitrogens with one attached hydrogen (secondary N) is 1. The lowest BCUT2D eigenvalue weighted by Crippen LogP contribution is -2.20. The number of aromatic nitrogens is 2. The Labute approximate surface area is 106 Å². The summed E-state index contributed by atoms with van der Waals surface area (Å²) in [5.41, 5.74) is 3.35. The van der Waals surface area contributed by atoms with Gasteiger partial charge in [0.1, 0.15) is 12.1 Å². The molecule has 1 unspecified atom stereocenters. The average molecular weight is 245 g/mol. The zero-order valence-corrected chi connectivity index (χ0v) is 10.7. The van der Waals surface area contributed by atoms with Crippen molar-refractivity contribution in [2.45, 2.75) is 19.9 Å². The number of rotatable bonds is 3. The van der Waals surface area contributed by atoms with Crippen molar-refractivity contribution in [1.29, 1.82) is 0 Å². The molecule has 0 saturated heterocycles. The van der Waals surface area contributed by atoms with Crippen LogP contribution in [0.3, 0.4) is 0 Å². The number of benzene rings is 1. The largest absolute Gasteiger partial charge is 0.309 e. The second kappa shape index (κ2) is 5.23. The van der Waals surface area contributed by atoms with E-state index in [1.54, 1.807) is 25.5 Å². The minimum absolute atomic E-state index is 0.198. The molecule has 2 aromatic rings. The molecular weight excluding hydrogens is 229 g/mol. The van der Waals surface area contributed by atoms with Crippen molar-refractivity contribution in [2.24, 2.45) is 0 Å². The second-order valence-corrected chi connectivity index (χ2v) is 4.37. The third kappa shape index (κ3) is 2.38. The van der Waals surface area contributed by atoms with Crippen LogP contribution in [0.15, 0.2) is 30.9 Å². The smallest absolute Gasteiger partial charge is 0.128 e. The Morgan fingerprint density at radius 2 is 1.83 bits per heavy atom. The van der Waals surface area contributed by atoms with E-state index in [9.17, 15) is 4.39 Å². The van der Waals surface area contributed by atoms with Gasteiger partial charge in [-0.3, -0.25) is 0 Å². The summed E-state index contributed by atoms with van der Waals surface area (Å²) in [7, 11) is 1.80. The van der Waals surface area contributed by atoms with Crippen LogP contribution in [0.4, 0.5) is 4.39 Å². The fourth-order valence-electron chi connectivity index (χ4n) is 2.23. The van der Waals surface area contributed by atoms with Gasteiger partial charge in [0.25, 0.3) is 0 Å². The SMILES string of the molecule is CNC(c1cncnc1)c1c(C)cc(C)cc1F. The van der Waals surface area contributed by atoms with Gasteiger partial charge >= 0.3 is 0 Å². The molecule has 4 heteroatoms. The third-order valence-corrected chi connectivity index (χ3v) is 2.97. The van der Waals surface area contributed by atoms with Gasteiger partial charge in [0.2, 0.25) is 0 Å². The Morgan fingerprint density at radius 3 is 2.39 bits per heavy atom. The molecular formula is C14H16FN3. The maximum absolute atomic E-state index is 14.2. The van der Waals surface area contributed by atoms with Crippen molar-refractivity contribution in [2.75, 3.05) is 7.05 Å². The standard InChI is InChI=1S/C14H16FN3/c1-9-4-10(2)13(12(15)5-9)14(16-3)11-6-17-8-18-7-11/h4-8,14,16H,1-3H3. The first-order valence-electron chi connectivity index (χ1n) is 5.82. The molecule has 0 aliphatic rings. The lowest BCUT2D eigenvalue weighted by atomic mass is 9.95. The molecule has 1 atom stereocenters. The number of aryl methyl sites for hydroxylation is 2. The van der Waals surface area contributed by atoms with Gasteiger partial charge in [-0.1, -0.05) is 6.07 Å². The van der Waals surface area contributed by atoms with Crippen LogP contribution in [-0.4, -0.2) is 17.0 Å². The zero-order chi connectivity index (χ0) is 13.1. The molecule has 0 fully saturated rings. The van der Waals surface area contributed by atoms with Crippen LogP contribution in [0, 0.1) is 19.7 Å². The highest BCUT2D eigenvalue weighted by Crippen LogP contribution is 2.27. The van der Waals surface area contributed by atoms with E-state index in [1.807, 2.05) is 19.9 Å². The number of hydrogen-bond acceptors (Lipinski definition) is 3. The van der Waals surface area contributed by atoms with E-state index in [-0.39, 0.29) is 11.9 Å². The van der Waals surface area contributed by atoms with Crippen molar-refractivity contribution in [3.05, 3.63) is 58.9 Å². The Hall–Kier alpha value is -1.81. The summed E-state index contributed by atoms with van der Waals surface area (Å²) in [6, 6.07) is 3.30. The minimum atomic E-state index is -0.230. The Kier molecular flexibility index (Phi) is 3.67. The van der Waals surface area contributed by atoms with Crippen LogP contribution in [0.25, 0.3) is 0 Å². The van der Waals surface area contributed by atoms with Gasteiger partial charge in [0.15, 0.2) is 0 Å². The number of hydrogen-bond donors (Lipinski definition) is 1. The molecule has 2 rings (SSSR count). The molecule has 0 radical (unpaired) electrons. The molecule has 0 amide bonds. The Balaban J connectivity index is 2.52. The molecule has 0 aliphatic carbocycles. The van der Waals surface area contributed by atoms with Gasteiger partial charge in [-0.2, -0.15) is 0 Å². The van der Waals surface area contributed by atoms with E-state index in [1.165, 1.54) is 6.33 Å². The van der Waals surface area contributed by atoms with E-state index in [0.717, 1.165) is 16.7 Å². The first kappa shape index (κ1) is 12.6. The van der Waals surface area contributed by atoms with E-state index < -0.39 is 0 Å². The van der Waals surface area contributed by atoms with E-state index >= 15 is 0 Å². The van der Waals surface area contributed by atoms with Crippen molar-refractivity contribution in [3.63, 3.8) is 0 Å². The van der Waals surface area contributed by atoms with Gasteiger partial charge in [-0.25, -0.2) is 14.4 Å². The molecule has 1 heterocycles. The highest BCUT2D eigenvalue weighted by atomic mass is 19.1. The molecule has 1 N–H and O–H groups in total. The average Bonchev–Trinajstić information content (AvgIpc) is 2.34. The summed E-state index contributed by atoms with van der Waals surface area (Å²) >= 11 is 0. The lowest BCUT2D eigenvalue weighted by molar-refractivity contribution is 0.570. The van der Waals surface area contributed by atoms with Crippen LogP contribution in [0.2, 0.25) is 0 Å². The van der Waals surface area contributed by atoms with Crippen LogP contribution < -0.4 is 5.32 Å². The minimum Gasteiger partial charge on any atom is -0.309 e. The first-order chi connectivity index (χ1) is 8.63. The molecule has 1 aromatic heterocycles. The van der Waals surface area contributed by atoms with E-state index in [0.29, 0.717) is 5.56 Å². The summed E-state index contributed by atoms with van der Waals surface area (Å²) in [5.74, 6) is -0.198. The monoisotopic (exact) mass is 245 g/mol. The quantitative estimate of drug-likeness (QED) is 0.903. The van der Waals surface area contributed by atoms with E-state index in [2.05, 4.69) is 15.3 Å². The fraction of sp³-hybridized carbons (Fsp3) is 0.286.